The maximum absolute atomic E-state index is 12.4. The number of carbonyl (C=O) groups excluding carboxylic acids is 1. The van der Waals surface area contributed by atoms with Crippen LogP contribution in [0.25, 0.3) is 0 Å². The molecule has 1 N–H and O–H groups in total. The van der Waals surface area contributed by atoms with Gasteiger partial charge in [-0.2, -0.15) is 0 Å². The molecule has 0 aromatic heterocycles. The second kappa shape index (κ2) is 31.9. The molecule has 0 radical (unpaired) electrons. The molecule has 1 unspecified atom stereocenters. The van der Waals surface area contributed by atoms with Gasteiger partial charge in [0.1, 0.15) is 6.10 Å². The number of hydrogen-bond donors (Lipinski definition) is 1. The smallest absolute Gasteiger partial charge is 0.306 e. The highest BCUT2D eigenvalue weighted by molar-refractivity contribution is 5.69. The normalized spacial score (nSPS) is 13.2. The van der Waals surface area contributed by atoms with Gasteiger partial charge in [-0.1, -0.05) is 132 Å². The molecule has 0 bridgehead atoms. The molecule has 1 atom stereocenters. The lowest BCUT2D eigenvalue weighted by molar-refractivity contribution is -0.149. The van der Waals surface area contributed by atoms with Gasteiger partial charge in [-0.25, -0.2) is 0 Å². The quantitative estimate of drug-likeness (QED) is 0.0579. The van der Waals surface area contributed by atoms with Crippen molar-refractivity contribution in [3.8, 4) is 0 Å². The first-order valence-corrected chi connectivity index (χ1v) is 16.4. The third-order valence-corrected chi connectivity index (χ3v) is 6.71. The van der Waals surface area contributed by atoms with E-state index in [9.17, 15) is 9.59 Å². The summed E-state index contributed by atoms with van der Waals surface area (Å²) in [4.78, 5) is 22.9. The first-order valence-electron chi connectivity index (χ1n) is 16.4. The molecule has 0 amide bonds. The van der Waals surface area contributed by atoms with Gasteiger partial charge < -0.3 is 9.84 Å². The van der Waals surface area contributed by atoms with Gasteiger partial charge in [-0.15, -0.1) is 0 Å². The van der Waals surface area contributed by atoms with Crippen LogP contribution in [0.4, 0.5) is 0 Å². The Bertz CT molecular complexity index is 785. The topological polar surface area (TPSA) is 63.6 Å². The van der Waals surface area contributed by atoms with Crippen LogP contribution in [0.5, 0.6) is 0 Å². The standard InChI is InChI=1S/C37H60O4/c1-3-5-7-8-9-10-11-12-13-14-15-16-17-18-19-20-24-27-30-34-37(40)41-35(31-6-4-2)32-28-25-22-21-23-26-29-33-36(38)39/h5,7,9-10,12-13,15-16,18-19,24,27,35H,3-4,6,8,11,14,17,20-23,25-26,28-34H2,1-2H3,(H,38,39)/b7-5-,10-9-,13-12-,16-15-,19-18-,27-24-. The third-order valence-electron chi connectivity index (χ3n) is 6.71. The van der Waals surface area contributed by atoms with Crippen molar-refractivity contribution in [3.05, 3.63) is 72.9 Å². The van der Waals surface area contributed by atoms with Gasteiger partial charge in [0.05, 0.1) is 0 Å². The van der Waals surface area contributed by atoms with E-state index in [1.807, 2.05) is 0 Å². The molecule has 4 nitrogen and oxygen atoms in total. The summed E-state index contributed by atoms with van der Waals surface area (Å²) in [6, 6.07) is 0. The van der Waals surface area contributed by atoms with Crippen LogP contribution in [0.3, 0.4) is 0 Å². The highest BCUT2D eigenvalue weighted by Crippen LogP contribution is 2.16. The summed E-state index contributed by atoms with van der Waals surface area (Å²) >= 11 is 0. The molecule has 4 heteroatoms. The van der Waals surface area contributed by atoms with Crippen LogP contribution in [0.2, 0.25) is 0 Å². The summed E-state index contributed by atoms with van der Waals surface area (Å²) in [7, 11) is 0. The maximum atomic E-state index is 12.4. The van der Waals surface area contributed by atoms with Crippen molar-refractivity contribution in [2.45, 2.75) is 148 Å². The zero-order valence-corrected chi connectivity index (χ0v) is 26.3. The van der Waals surface area contributed by atoms with E-state index in [-0.39, 0.29) is 18.5 Å². The van der Waals surface area contributed by atoms with Crippen LogP contribution in [0.15, 0.2) is 72.9 Å². The Morgan fingerprint density at radius 1 is 0.561 bits per heavy atom. The van der Waals surface area contributed by atoms with Gasteiger partial charge >= 0.3 is 11.9 Å². The predicted octanol–water partition coefficient (Wildman–Crippen LogP) is 11.2. The van der Waals surface area contributed by atoms with Crippen molar-refractivity contribution in [2.24, 2.45) is 0 Å². The number of aliphatic carboxylic acids is 1. The Labute approximate surface area is 252 Å². The minimum Gasteiger partial charge on any atom is -0.481 e. The zero-order chi connectivity index (χ0) is 30.1. The number of hydrogen-bond acceptors (Lipinski definition) is 3. The molecule has 0 aliphatic carbocycles. The fourth-order valence-electron chi connectivity index (χ4n) is 4.31. The number of carboxylic acids is 1. The molecular formula is C37H60O4. The number of unbranched alkanes of at least 4 members (excludes halogenated alkanes) is 7. The Morgan fingerprint density at radius 2 is 1.00 bits per heavy atom. The van der Waals surface area contributed by atoms with Crippen LogP contribution in [-0.2, 0) is 14.3 Å². The van der Waals surface area contributed by atoms with E-state index in [0.717, 1.165) is 109 Å². The third kappa shape index (κ3) is 31.8. The fourth-order valence-corrected chi connectivity index (χ4v) is 4.31. The van der Waals surface area contributed by atoms with Crippen molar-refractivity contribution in [1.29, 1.82) is 0 Å². The largest absolute Gasteiger partial charge is 0.481 e. The summed E-state index contributed by atoms with van der Waals surface area (Å²) in [6.07, 6.45) is 45.2. The van der Waals surface area contributed by atoms with E-state index in [2.05, 4.69) is 86.8 Å². The number of esters is 1. The minimum atomic E-state index is -0.699. The van der Waals surface area contributed by atoms with Crippen LogP contribution in [0, 0.1) is 0 Å². The second-order valence-corrected chi connectivity index (χ2v) is 10.6. The molecule has 0 aromatic carbocycles. The van der Waals surface area contributed by atoms with Crippen LogP contribution in [0.1, 0.15) is 142 Å². The second-order valence-electron chi connectivity index (χ2n) is 10.6. The molecule has 0 saturated heterocycles. The summed E-state index contributed by atoms with van der Waals surface area (Å²) < 4.78 is 5.81. The van der Waals surface area contributed by atoms with E-state index < -0.39 is 5.97 Å². The zero-order valence-electron chi connectivity index (χ0n) is 26.3. The van der Waals surface area contributed by atoms with Crippen molar-refractivity contribution >= 4 is 11.9 Å². The molecule has 41 heavy (non-hydrogen) atoms. The summed E-state index contributed by atoms with van der Waals surface area (Å²) in [5.41, 5.74) is 0. The Kier molecular flexibility index (Phi) is 29.9. The van der Waals surface area contributed by atoms with Gasteiger partial charge in [0.2, 0.25) is 0 Å². The van der Waals surface area contributed by atoms with Crippen molar-refractivity contribution in [3.63, 3.8) is 0 Å². The van der Waals surface area contributed by atoms with Crippen LogP contribution < -0.4 is 0 Å². The van der Waals surface area contributed by atoms with Gasteiger partial charge in [-0.3, -0.25) is 9.59 Å². The molecular weight excluding hydrogens is 508 g/mol. The first kappa shape index (κ1) is 38.4. The number of carbonyl (C=O) groups is 2. The Balaban J connectivity index is 3.89. The fraction of sp³-hybridized carbons (Fsp3) is 0.622. The van der Waals surface area contributed by atoms with Crippen molar-refractivity contribution in [2.75, 3.05) is 0 Å². The number of carboxylic acid groups (broad SMARTS) is 1. The van der Waals surface area contributed by atoms with Gasteiger partial charge in [0.25, 0.3) is 0 Å². The number of rotatable bonds is 28. The summed E-state index contributed by atoms with van der Waals surface area (Å²) in [6.45, 7) is 4.33. The predicted molar refractivity (Wildman–Crippen MR) is 176 cm³/mol. The van der Waals surface area contributed by atoms with Gasteiger partial charge in [-0.05, 0) is 70.6 Å². The van der Waals surface area contributed by atoms with E-state index in [4.69, 9.17) is 9.84 Å². The van der Waals surface area contributed by atoms with Crippen molar-refractivity contribution in [1.82, 2.24) is 0 Å². The monoisotopic (exact) mass is 568 g/mol. The first-order chi connectivity index (χ1) is 20.1. The van der Waals surface area contributed by atoms with E-state index in [0.29, 0.717) is 6.42 Å². The molecule has 0 aromatic rings. The van der Waals surface area contributed by atoms with E-state index >= 15 is 0 Å². The number of ether oxygens (including phenoxy) is 1. The lowest BCUT2D eigenvalue weighted by Crippen LogP contribution is -2.18. The SMILES string of the molecule is CC/C=C\C/C=C\C/C=C\C/C=C\C/C=C\C/C=C\CCC(=O)OC(CCCC)CCCCCCCCCC(=O)O. The Morgan fingerprint density at radius 3 is 1.49 bits per heavy atom. The molecule has 232 valence electrons. The van der Waals surface area contributed by atoms with Crippen molar-refractivity contribution < 1.29 is 19.4 Å². The molecule has 0 rings (SSSR count). The Hall–Kier alpha value is -2.62. The minimum absolute atomic E-state index is 0.0447. The molecule has 0 saturated carbocycles. The van der Waals surface area contributed by atoms with Gasteiger partial charge in [0.15, 0.2) is 0 Å². The summed E-state index contributed by atoms with van der Waals surface area (Å²) in [5.74, 6) is -0.779. The highest BCUT2D eigenvalue weighted by atomic mass is 16.5. The maximum Gasteiger partial charge on any atom is 0.306 e. The lowest BCUT2D eigenvalue weighted by Gasteiger charge is -2.17. The lowest BCUT2D eigenvalue weighted by atomic mass is 10.0. The number of allylic oxidation sites excluding steroid dienone is 12. The van der Waals surface area contributed by atoms with Gasteiger partial charge in [0, 0.05) is 12.8 Å². The van der Waals surface area contributed by atoms with E-state index in [1.165, 1.54) is 6.42 Å². The van der Waals surface area contributed by atoms with E-state index in [1.54, 1.807) is 0 Å². The molecule has 0 aliphatic heterocycles. The average Bonchev–Trinajstić information content (AvgIpc) is 2.95. The average molecular weight is 569 g/mol. The molecule has 0 fully saturated rings. The highest BCUT2D eigenvalue weighted by Gasteiger charge is 2.13. The summed E-state index contributed by atoms with van der Waals surface area (Å²) in [5, 5.41) is 8.68. The molecule has 0 aliphatic rings. The van der Waals surface area contributed by atoms with Crippen LogP contribution >= 0.6 is 0 Å². The molecule has 0 heterocycles. The van der Waals surface area contributed by atoms with Crippen LogP contribution in [-0.4, -0.2) is 23.1 Å². The molecule has 0 spiro atoms.